The van der Waals surface area contributed by atoms with Crippen molar-refractivity contribution in [3.8, 4) is 0 Å². The van der Waals surface area contributed by atoms with E-state index in [4.69, 9.17) is 11.6 Å². The van der Waals surface area contributed by atoms with Crippen molar-refractivity contribution in [3.63, 3.8) is 0 Å². The van der Waals surface area contributed by atoms with Gasteiger partial charge in [-0.05, 0) is 42.3 Å². The van der Waals surface area contributed by atoms with E-state index in [-0.39, 0.29) is 11.5 Å². The van der Waals surface area contributed by atoms with Crippen molar-refractivity contribution in [1.82, 2.24) is 10.9 Å². The maximum atomic E-state index is 12.0. The number of hydrogen-bond acceptors (Lipinski definition) is 3. The van der Waals surface area contributed by atoms with Crippen LogP contribution in [0.1, 0.15) is 28.8 Å². The third-order valence-electron chi connectivity index (χ3n) is 4.12. The average Bonchev–Trinajstić information content (AvgIpc) is 3.11. The second kappa shape index (κ2) is 8.51. The van der Waals surface area contributed by atoms with Gasteiger partial charge in [0.2, 0.25) is 5.91 Å². The number of halogens is 1. The molecule has 2 aromatic rings. The lowest BCUT2D eigenvalue weighted by Crippen LogP contribution is -2.40. The van der Waals surface area contributed by atoms with Crippen LogP contribution in [0.25, 0.3) is 6.08 Å². The highest BCUT2D eigenvalue weighted by molar-refractivity contribution is 6.33. The van der Waals surface area contributed by atoms with E-state index in [9.17, 15) is 14.4 Å². The van der Waals surface area contributed by atoms with Gasteiger partial charge in [-0.25, -0.2) is 0 Å². The van der Waals surface area contributed by atoms with Gasteiger partial charge in [-0.1, -0.05) is 35.9 Å². The zero-order chi connectivity index (χ0) is 19.2. The Labute approximate surface area is 161 Å². The summed E-state index contributed by atoms with van der Waals surface area (Å²) in [5, 5.41) is 0.302. The first kappa shape index (κ1) is 18.7. The molecule has 6 nitrogen and oxygen atoms in total. The Morgan fingerprint density at radius 1 is 1.04 bits per heavy atom. The zero-order valence-electron chi connectivity index (χ0n) is 14.4. The number of amides is 3. The Morgan fingerprint density at radius 3 is 2.44 bits per heavy atom. The first-order valence-corrected chi connectivity index (χ1v) is 8.86. The zero-order valence-corrected chi connectivity index (χ0v) is 15.2. The lowest BCUT2D eigenvalue weighted by atomic mass is 10.2. The molecule has 3 amide bonds. The first-order chi connectivity index (χ1) is 13.0. The molecule has 1 aliphatic rings. The molecule has 0 saturated carbocycles. The molecule has 0 radical (unpaired) electrons. The van der Waals surface area contributed by atoms with E-state index in [1.54, 1.807) is 35.2 Å². The second-order valence-corrected chi connectivity index (χ2v) is 6.40. The molecule has 1 heterocycles. The van der Waals surface area contributed by atoms with Gasteiger partial charge in [0.25, 0.3) is 11.8 Å². The van der Waals surface area contributed by atoms with Crippen molar-refractivity contribution in [3.05, 3.63) is 70.8 Å². The topological polar surface area (TPSA) is 78.5 Å². The number of benzene rings is 2. The predicted molar refractivity (Wildman–Crippen MR) is 104 cm³/mol. The Bertz CT molecular complexity index is 894. The third-order valence-corrected chi connectivity index (χ3v) is 4.45. The molecule has 0 aliphatic carbocycles. The molecule has 2 N–H and O–H groups in total. The largest absolute Gasteiger partial charge is 0.312 e. The van der Waals surface area contributed by atoms with Crippen LogP contribution in [-0.4, -0.2) is 24.3 Å². The van der Waals surface area contributed by atoms with Crippen molar-refractivity contribution in [2.24, 2.45) is 0 Å². The molecule has 7 heteroatoms. The van der Waals surface area contributed by atoms with Gasteiger partial charge in [0.15, 0.2) is 0 Å². The highest BCUT2D eigenvalue weighted by Gasteiger charge is 2.21. The molecule has 2 aromatic carbocycles. The highest BCUT2D eigenvalue weighted by Crippen LogP contribution is 2.21. The maximum absolute atomic E-state index is 12.0. The minimum absolute atomic E-state index is 0.131. The second-order valence-electron chi connectivity index (χ2n) is 6.00. The molecule has 0 bridgehead atoms. The summed E-state index contributed by atoms with van der Waals surface area (Å²) in [7, 11) is 0. The maximum Gasteiger partial charge on any atom is 0.271 e. The Balaban J connectivity index is 1.53. The predicted octanol–water partition coefficient (Wildman–Crippen LogP) is 2.94. The van der Waals surface area contributed by atoms with Gasteiger partial charge in [0.05, 0.1) is 10.6 Å². The number of anilines is 1. The number of rotatable bonds is 4. The summed E-state index contributed by atoms with van der Waals surface area (Å²) in [4.78, 5) is 37.3. The summed E-state index contributed by atoms with van der Waals surface area (Å²) < 4.78 is 0. The number of carbonyl (C=O) groups excluding carboxylic acids is 3. The minimum atomic E-state index is -0.498. The van der Waals surface area contributed by atoms with Crippen molar-refractivity contribution in [1.29, 1.82) is 0 Å². The van der Waals surface area contributed by atoms with Crippen LogP contribution in [-0.2, 0) is 9.59 Å². The van der Waals surface area contributed by atoms with Gasteiger partial charge in [0, 0.05) is 24.7 Å². The van der Waals surface area contributed by atoms with Gasteiger partial charge in [0.1, 0.15) is 0 Å². The summed E-state index contributed by atoms with van der Waals surface area (Å²) in [5.41, 5.74) is 6.54. The molecule has 1 aliphatic heterocycles. The number of nitrogens with zero attached hydrogens (tertiary/aromatic N) is 1. The van der Waals surface area contributed by atoms with Gasteiger partial charge < -0.3 is 4.90 Å². The van der Waals surface area contributed by atoms with Crippen molar-refractivity contribution in [2.75, 3.05) is 11.4 Å². The molecule has 138 valence electrons. The third kappa shape index (κ3) is 4.74. The number of nitrogens with one attached hydrogen (secondary N) is 2. The van der Waals surface area contributed by atoms with Crippen LogP contribution in [0, 0.1) is 0 Å². The van der Waals surface area contributed by atoms with E-state index in [1.165, 1.54) is 6.08 Å². The van der Waals surface area contributed by atoms with Gasteiger partial charge in [-0.15, -0.1) is 0 Å². The smallest absolute Gasteiger partial charge is 0.271 e. The molecule has 1 saturated heterocycles. The van der Waals surface area contributed by atoms with Crippen LogP contribution in [0.3, 0.4) is 0 Å². The molecule has 1 fully saturated rings. The van der Waals surface area contributed by atoms with E-state index in [2.05, 4.69) is 10.9 Å². The monoisotopic (exact) mass is 383 g/mol. The highest BCUT2D eigenvalue weighted by atomic mass is 35.5. The minimum Gasteiger partial charge on any atom is -0.312 e. The van der Waals surface area contributed by atoms with E-state index < -0.39 is 11.8 Å². The fourth-order valence-electron chi connectivity index (χ4n) is 2.73. The molecule has 3 rings (SSSR count). The Hall–Kier alpha value is -3.12. The van der Waals surface area contributed by atoms with E-state index in [1.807, 2.05) is 24.3 Å². The standard InChI is InChI=1S/C20H18ClN3O3/c21-17-5-2-1-4-16(17)20(27)23-22-18(25)12-9-14-7-10-15(11-8-14)24-13-3-6-19(24)26/h1-2,4-5,7-12H,3,6,13H2,(H,22,25)(H,23,27)/b12-9+. The number of carbonyl (C=O) groups is 3. The molecule has 0 atom stereocenters. The van der Waals surface area contributed by atoms with Gasteiger partial charge in [-0.2, -0.15) is 0 Å². The SMILES string of the molecule is O=C(/C=C/c1ccc(N2CCCC2=O)cc1)NNC(=O)c1ccccc1Cl. The molecule has 27 heavy (non-hydrogen) atoms. The quantitative estimate of drug-likeness (QED) is 0.629. The summed E-state index contributed by atoms with van der Waals surface area (Å²) in [6.45, 7) is 0.738. The molecular formula is C20H18ClN3O3. The average molecular weight is 384 g/mol. The van der Waals surface area contributed by atoms with Crippen molar-refractivity contribution in [2.45, 2.75) is 12.8 Å². The summed E-state index contributed by atoms with van der Waals surface area (Å²) in [6, 6.07) is 13.9. The number of hydrogen-bond donors (Lipinski definition) is 2. The van der Waals surface area contributed by atoms with Crippen molar-refractivity contribution < 1.29 is 14.4 Å². The van der Waals surface area contributed by atoms with Gasteiger partial charge >= 0.3 is 0 Å². The molecular weight excluding hydrogens is 366 g/mol. The van der Waals surface area contributed by atoms with Crippen LogP contribution >= 0.6 is 11.6 Å². The Morgan fingerprint density at radius 2 is 1.78 bits per heavy atom. The van der Waals surface area contributed by atoms with E-state index in [0.29, 0.717) is 11.4 Å². The first-order valence-electron chi connectivity index (χ1n) is 8.48. The summed E-state index contributed by atoms with van der Waals surface area (Å²) >= 11 is 5.93. The number of hydrazine groups is 1. The summed E-state index contributed by atoms with van der Waals surface area (Å²) in [5.74, 6) is -0.844. The van der Waals surface area contributed by atoms with Crippen LogP contribution in [0.4, 0.5) is 5.69 Å². The lowest BCUT2D eigenvalue weighted by Gasteiger charge is -2.15. The van der Waals surface area contributed by atoms with Crippen LogP contribution in [0.15, 0.2) is 54.6 Å². The lowest BCUT2D eigenvalue weighted by molar-refractivity contribution is -0.117. The molecule has 0 aromatic heterocycles. The Kier molecular flexibility index (Phi) is 5.88. The summed E-state index contributed by atoms with van der Waals surface area (Å²) in [6.07, 6.45) is 4.39. The van der Waals surface area contributed by atoms with Crippen LogP contribution in [0.2, 0.25) is 5.02 Å². The fraction of sp³-hybridized carbons (Fsp3) is 0.150. The normalized spacial score (nSPS) is 13.8. The van der Waals surface area contributed by atoms with E-state index >= 15 is 0 Å². The van der Waals surface area contributed by atoms with Crippen molar-refractivity contribution >= 4 is 41.1 Å². The molecule has 0 unspecified atom stereocenters. The van der Waals surface area contributed by atoms with Crippen LogP contribution in [0.5, 0.6) is 0 Å². The van der Waals surface area contributed by atoms with Gasteiger partial charge in [-0.3, -0.25) is 25.2 Å². The molecule has 0 spiro atoms. The van der Waals surface area contributed by atoms with E-state index in [0.717, 1.165) is 24.2 Å². The fourth-order valence-corrected chi connectivity index (χ4v) is 2.95. The van der Waals surface area contributed by atoms with Crippen LogP contribution < -0.4 is 15.8 Å².